The van der Waals surface area contributed by atoms with Gasteiger partial charge in [-0.25, -0.2) is 0 Å². The normalized spacial score (nSPS) is 13.0. The fourth-order valence-corrected chi connectivity index (χ4v) is 3.46. The second kappa shape index (κ2) is 8.34. The van der Waals surface area contributed by atoms with Gasteiger partial charge < -0.3 is 5.11 Å². The Hall–Kier alpha value is -1.80. The average molecular weight is 324 g/mol. The van der Waals surface area contributed by atoms with Gasteiger partial charge >= 0.3 is 0 Å². The maximum absolute atomic E-state index is 10.4. The SMILES string of the molecule is [CH2]c1ccc(O)c(C(CCN(C(C)C)C(C)C)c2ccccc2)c1. The third kappa shape index (κ3) is 4.61. The van der Waals surface area contributed by atoms with Gasteiger partial charge in [0.15, 0.2) is 0 Å². The highest BCUT2D eigenvalue weighted by atomic mass is 16.3. The minimum atomic E-state index is 0.174. The van der Waals surface area contributed by atoms with Crippen molar-refractivity contribution >= 4 is 0 Å². The van der Waals surface area contributed by atoms with E-state index in [0.717, 1.165) is 24.1 Å². The number of phenols is 1. The third-order valence-electron chi connectivity index (χ3n) is 4.67. The molecule has 0 aliphatic rings. The summed E-state index contributed by atoms with van der Waals surface area (Å²) >= 11 is 0. The van der Waals surface area contributed by atoms with Gasteiger partial charge in [0, 0.05) is 23.6 Å². The van der Waals surface area contributed by atoms with Crippen molar-refractivity contribution in [1.82, 2.24) is 4.90 Å². The van der Waals surface area contributed by atoms with E-state index in [9.17, 15) is 5.11 Å². The first kappa shape index (κ1) is 18.5. The molecule has 24 heavy (non-hydrogen) atoms. The molecule has 2 aromatic rings. The molecule has 2 rings (SSSR count). The maximum Gasteiger partial charge on any atom is 0.119 e. The van der Waals surface area contributed by atoms with Crippen molar-refractivity contribution in [3.8, 4) is 5.75 Å². The van der Waals surface area contributed by atoms with Crippen LogP contribution in [0.4, 0.5) is 0 Å². The van der Waals surface area contributed by atoms with E-state index in [1.807, 2.05) is 18.2 Å². The molecule has 0 heterocycles. The van der Waals surface area contributed by atoms with Crippen molar-refractivity contribution in [3.63, 3.8) is 0 Å². The minimum absolute atomic E-state index is 0.174. The monoisotopic (exact) mass is 324 g/mol. The summed E-state index contributed by atoms with van der Waals surface area (Å²) in [5.74, 6) is 0.532. The highest BCUT2D eigenvalue weighted by Gasteiger charge is 2.21. The van der Waals surface area contributed by atoms with Crippen molar-refractivity contribution in [2.75, 3.05) is 6.54 Å². The summed E-state index contributed by atoms with van der Waals surface area (Å²) in [7, 11) is 0. The molecule has 129 valence electrons. The van der Waals surface area contributed by atoms with E-state index < -0.39 is 0 Å². The predicted molar refractivity (Wildman–Crippen MR) is 102 cm³/mol. The first-order valence-corrected chi connectivity index (χ1v) is 8.85. The lowest BCUT2D eigenvalue weighted by Gasteiger charge is -2.32. The number of benzene rings is 2. The van der Waals surface area contributed by atoms with E-state index in [2.05, 4.69) is 63.8 Å². The van der Waals surface area contributed by atoms with E-state index in [1.54, 1.807) is 6.07 Å². The van der Waals surface area contributed by atoms with E-state index in [1.165, 1.54) is 5.56 Å². The number of hydrogen-bond donors (Lipinski definition) is 1. The van der Waals surface area contributed by atoms with Crippen molar-refractivity contribution in [1.29, 1.82) is 0 Å². The Balaban J connectivity index is 2.32. The lowest BCUT2D eigenvalue weighted by Crippen LogP contribution is -2.38. The molecule has 0 saturated heterocycles. The van der Waals surface area contributed by atoms with Crippen molar-refractivity contribution in [3.05, 3.63) is 72.1 Å². The number of rotatable bonds is 7. The number of nitrogens with zero attached hydrogens (tertiary/aromatic N) is 1. The van der Waals surface area contributed by atoms with Crippen molar-refractivity contribution in [2.24, 2.45) is 0 Å². The van der Waals surface area contributed by atoms with E-state index in [-0.39, 0.29) is 5.92 Å². The molecule has 0 saturated carbocycles. The van der Waals surface area contributed by atoms with Crippen LogP contribution in [0.25, 0.3) is 0 Å². The molecule has 0 spiro atoms. The first-order chi connectivity index (χ1) is 11.4. The molecular weight excluding hydrogens is 294 g/mol. The summed E-state index contributed by atoms with van der Waals surface area (Å²) in [5, 5.41) is 10.4. The van der Waals surface area contributed by atoms with E-state index >= 15 is 0 Å². The summed E-state index contributed by atoms with van der Waals surface area (Å²) in [6.45, 7) is 14.0. The van der Waals surface area contributed by atoms with Crippen LogP contribution in [-0.2, 0) is 0 Å². The van der Waals surface area contributed by atoms with Gasteiger partial charge in [-0.15, -0.1) is 0 Å². The van der Waals surface area contributed by atoms with Crippen LogP contribution in [0.1, 0.15) is 56.7 Å². The van der Waals surface area contributed by atoms with Crippen LogP contribution in [0, 0.1) is 6.92 Å². The molecule has 1 unspecified atom stereocenters. The molecule has 2 heteroatoms. The van der Waals surface area contributed by atoms with Crippen LogP contribution >= 0.6 is 0 Å². The average Bonchev–Trinajstić information content (AvgIpc) is 2.54. The van der Waals surface area contributed by atoms with Gasteiger partial charge in [-0.05, 0) is 64.8 Å². The summed E-state index contributed by atoms with van der Waals surface area (Å²) in [4.78, 5) is 2.50. The molecule has 0 amide bonds. The van der Waals surface area contributed by atoms with Crippen LogP contribution in [-0.4, -0.2) is 28.6 Å². The smallest absolute Gasteiger partial charge is 0.119 e. The quantitative estimate of drug-likeness (QED) is 0.755. The standard InChI is InChI=1S/C22H30NO/c1-16(2)23(17(3)4)14-13-20(19-9-7-6-8-10-19)21-15-18(5)11-12-22(21)24/h6-12,15-17,20,24H,5,13-14H2,1-4H3. The second-order valence-electron chi connectivity index (χ2n) is 7.07. The Morgan fingerprint density at radius 1 is 0.958 bits per heavy atom. The molecular formula is C22H30NO. The summed E-state index contributed by atoms with van der Waals surface area (Å²) in [6, 6.07) is 17.1. The topological polar surface area (TPSA) is 23.5 Å². The zero-order valence-electron chi connectivity index (χ0n) is 15.4. The van der Waals surface area contributed by atoms with Gasteiger partial charge in [-0.1, -0.05) is 42.5 Å². The van der Waals surface area contributed by atoms with Crippen LogP contribution in [0.3, 0.4) is 0 Å². The number of hydrogen-bond acceptors (Lipinski definition) is 2. The fourth-order valence-electron chi connectivity index (χ4n) is 3.46. The van der Waals surface area contributed by atoms with Crippen LogP contribution in [0.5, 0.6) is 5.75 Å². The highest BCUT2D eigenvalue weighted by Crippen LogP contribution is 2.35. The van der Waals surface area contributed by atoms with Gasteiger partial charge in [-0.3, -0.25) is 4.90 Å². The molecule has 0 aromatic heterocycles. The third-order valence-corrected chi connectivity index (χ3v) is 4.67. The van der Waals surface area contributed by atoms with Gasteiger partial charge in [0.2, 0.25) is 0 Å². The van der Waals surface area contributed by atoms with E-state index in [0.29, 0.717) is 17.8 Å². The van der Waals surface area contributed by atoms with Gasteiger partial charge in [0.25, 0.3) is 0 Å². The Labute approximate surface area is 147 Å². The number of phenolic OH excluding ortho intramolecular Hbond substituents is 1. The largest absolute Gasteiger partial charge is 0.508 e. The molecule has 2 nitrogen and oxygen atoms in total. The number of aromatic hydroxyl groups is 1. The Bertz CT molecular complexity index is 626. The molecule has 1 N–H and O–H groups in total. The van der Waals surface area contributed by atoms with Crippen LogP contribution < -0.4 is 0 Å². The Morgan fingerprint density at radius 2 is 1.58 bits per heavy atom. The predicted octanol–water partition coefficient (Wildman–Crippen LogP) is 5.22. The highest BCUT2D eigenvalue weighted by molar-refractivity contribution is 5.44. The molecule has 0 aliphatic heterocycles. The van der Waals surface area contributed by atoms with Gasteiger partial charge in [-0.2, -0.15) is 0 Å². The molecule has 0 bridgehead atoms. The fraction of sp³-hybridized carbons (Fsp3) is 0.409. The summed E-state index contributed by atoms with van der Waals surface area (Å²) < 4.78 is 0. The summed E-state index contributed by atoms with van der Waals surface area (Å²) in [5.41, 5.74) is 3.15. The molecule has 1 radical (unpaired) electrons. The Kier molecular flexibility index (Phi) is 6.44. The lowest BCUT2D eigenvalue weighted by atomic mass is 9.87. The van der Waals surface area contributed by atoms with Gasteiger partial charge in [0.1, 0.15) is 5.75 Å². The van der Waals surface area contributed by atoms with Crippen LogP contribution in [0.15, 0.2) is 48.5 Å². The first-order valence-electron chi connectivity index (χ1n) is 8.85. The molecule has 0 fully saturated rings. The molecule has 0 aliphatic carbocycles. The van der Waals surface area contributed by atoms with E-state index in [4.69, 9.17) is 0 Å². The van der Waals surface area contributed by atoms with Crippen molar-refractivity contribution < 1.29 is 5.11 Å². The zero-order chi connectivity index (χ0) is 17.7. The zero-order valence-corrected chi connectivity index (χ0v) is 15.4. The summed E-state index contributed by atoms with van der Waals surface area (Å²) in [6.07, 6.45) is 0.970. The van der Waals surface area contributed by atoms with Gasteiger partial charge in [0.05, 0.1) is 0 Å². The maximum atomic E-state index is 10.4. The van der Waals surface area contributed by atoms with Crippen LogP contribution in [0.2, 0.25) is 0 Å². The minimum Gasteiger partial charge on any atom is -0.508 e. The molecule has 2 aromatic carbocycles. The van der Waals surface area contributed by atoms with Crippen molar-refractivity contribution in [2.45, 2.75) is 52.1 Å². The molecule has 1 atom stereocenters. The second-order valence-corrected chi connectivity index (χ2v) is 7.07. The lowest BCUT2D eigenvalue weighted by molar-refractivity contribution is 0.170. The Morgan fingerprint density at radius 3 is 2.17 bits per heavy atom.